The minimum Gasteiger partial charge on any atom is -0.481 e. The van der Waals surface area contributed by atoms with Gasteiger partial charge in [-0.3, -0.25) is 9.59 Å². The fourth-order valence-electron chi connectivity index (χ4n) is 3.07. The van der Waals surface area contributed by atoms with Gasteiger partial charge in [-0.2, -0.15) is 0 Å². The third kappa shape index (κ3) is 5.10. The first-order valence-corrected chi connectivity index (χ1v) is 11.1. The number of nitrogens with zero attached hydrogens (tertiary/aromatic N) is 6. The molecule has 1 aliphatic carbocycles. The number of halogens is 4. The molecular formula is C14H10Br4N6O8. The van der Waals surface area contributed by atoms with Gasteiger partial charge in [0.15, 0.2) is 0 Å². The maximum absolute atomic E-state index is 12.6. The first-order chi connectivity index (χ1) is 14.9. The van der Waals surface area contributed by atoms with Crippen molar-refractivity contribution in [2.24, 2.45) is 21.1 Å². The van der Waals surface area contributed by atoms with E-state index in [2.05, 4.69) is 83.8 Å². The van der Waals surface area contributed by atoms with Crippen LogP contribution < -0.4 is 0 Å². The minimum atomic E-state index is -2.31. The molecule has 0 aromatic rings. The van der Waals surface area contributed by atoms with Crippen LogP contribution in [0.15, 0.2) is 28.2 Å². The monoisotopic (exact) mass is 706 g/mol. The Morgan fingerprint density at radius 3 is 1.34 bits per heavy atom. The van der Waals surface area contributed by atoms with E-state index in [1.54, 1.807) is 0 Å². The highest BCUT2D eigenvalue weighted by Gasteiger charge is 2.67. The summed E-state index contributed by atoms with van der Waals surface area (Å²) in [6.45, 7) is -1.30. The molecule has 2 amide bonds. The summed E-state index contributed by atoms with van der Waals surface area (Å²) in [6.07, 6.45) is -3.89. The molecule has 0 saturated heterocycles. The summed E-state index contributed by atoms with van der Waals surface area (Å²) in [4.78, 5) is 52.4. The Bertz CT molecular complexity index is 939. The zero-order valence-electron chi connectivity index (χ0n) is 15.4. The standard InChI is InChI=1S/C14H10Br4N6O8/c15-5-6(16)8(18)14(10(27)28,2-4-32-12(30)22-24-20)13(7(5)17,9(25)26)1-3-31-11(29)21-23-19/h1-4H2,(H,25,26)(H,27,28). The molecular weight excluding hydrogens is 700 g/mol. The number of azide groups is 2. The number of rotatable bonds is 8. The van der Waals surface area contributed by atoms with Gasteiger partial charge >= 0.3 is 24.1 Å². The van der Waals surface area contributed by atoms with E-state index in [1.807, 2.05) is 0 Å². The number of carboxylic acid groups (broad SMARTS) is 2. The molecule has 0 spiro atoms. The fourth-order valence-corrected chi connectivity index (χ4v) is 6.48. The Morgan fingerprint density at radius 2 is 1.09 bits per heavy atom. The number of hydrogen-bond donors (Lipinski definition) is 2. The predicted octanol–water partition coefficient (Wildman–Crippen LogP) is 5.82. The molecule has 2 N–H and O–H groups in total. The van der Waals surface area contributed by atoms with Crippen molar-refractivity contribution in [3.63, 3.8) is 0 Å². The highest BCUT2D eigenvalue weighted by Crippen LogP contribution is 2.64. The molecule has 0 saturated carbocycles. The Balaban J connectivity index is 3.64. The lowest BCUT2D eigenvalue weighted by molar-refractivity contribution is -0.168. The molecule has 172 valence electrons. The molecule has 2 atom stereocenters. The van der Waals surface area contributed by atoms with Crippen molar-refractivity contribution in [1.29, 1.82) is 0 Å². The predicted molar refractivity (Wildman–Crippen MR) is 120 cm³/mol. The van der Waals surface area contributed by atoms with Crippen LogP contribution in [-0.2, 0) is 19.1 Å². The summed E-state index contributed by atoms with van der Waals surface area (Å²) in [5.74, 6) is -3.25. The van der Waals surface area contributed by atoms with E-state index < -0.39 is 61.0 Å². The smallest absolute Gasteiger partial charge is 0.396 e. The number of carboxylic acids is 2. The Kier molecular flexibility index (Phi) is 10.2. The summed E-state index contributed by atoms with van der Waals surface area (Å²) < 4.78 is 9.43. The molecule has 32 heavy (non-hydrogen) atoms. The summed E-state index contributed by atoms with van der Waals surface area (Å²) in [5.41, 5.74) is 11.9. The van der Waals surface area contributed by atoms with Gasteiger partial charge in [-0.15, -0.1) is 0 Å². The van der Waals surface area contributed by atoms with Gasteiger partial charge in [0.05, 0.1) is 13.2 Å². The molecule has 0 aliphatic heterocycles. The van der Waals surface area contributed by atoms with Crippen LogP contribution in [0.5, 0.6) is 0 Å². The van der Waals surface area contributed by atoms with Crippen LogP contribution in [0, 0.1) is 10.8 Å². The van der Waals surface area contributed by atoms with Gasteiger partial charge in [0.1, 0.15) is 10.8 Å². The number of ether oxygens (including phenoxy) is 2. The molecule has 0 radical (unpaired) electrons. The van der Waals surface area contributed by atoms with Crippen molar-refractivity contribution in [2.45, 2.75) is 12.8 Å². The van der Waals surface area contributed by atoms with Crippen molar-refractivity contribution < 1.29 is 38.9 Å². The normalized spacial score (nSPS) is 22.4. The molecule has 0 aromatic carbocycles. The van der Waals surface area contributed by atoms with E-state index >= 15 is 0 Å². The third-order valence-corrected chi connectivity index (χ3v) is 9.77. The van der Waals surface area contributed by atoms with E-state index in [9.17, 15) is 29.4 Å². The zero-order valence-corrected chi connectivity index (χ0v) is 21.7. The SMILES string of the molecule is [N-]=[N+]=NC(=O)OCCC1(C(=O)O)C(Br)=C(Br)C(Br)=C(Br)C1(CCOC(=O)N=[N+]=[N-])C(=O)O. The fraction of sp³-hybridized carbons (Fsp3) is 0.429. The van der Waals surface area contributed by atoms with Crippen molar-refractivity contribution in [2.75, 3.05) is 13.2 Å². The van der Waals surface area contributed by atoms with Gasteiger partial charge in [0.25, 0.3) is 0 Å². The van der Waals surface area contributed by atoms with Crippen LogP contribution in [0.4, 0.5) is 9.59 Å². The highest BCUT2D eigenvalue weighted by atomic mass is 79.9. The highest BCUT2D eigenvalue weighted by molar-refractivity contribution is 9.17. The van der Waals surface area contributed by atoms with Gasteiger partial charge in [-0.1, -0.05) is 31.9 Å². The quantitative estimate of drug-likeness (QED) is 0.177. The first-order valence-electron chi connectivity index (χ1n) is 7.96. The number of carbonyl (C=O) groups is 4. The lowest BCUT2D eigenvalue weighted by Gasteiger charge is -2.48. The zero-order chi connectivity index (χ0) is 24.7. The molecule has 18 heteroatoms. The molecule has 0 bridgehead atoms. The first kappa shape index (κ1) is 27.9. The number of carbonyl (C=O) groups excluding carboxylic acids is 2. The van der Waals surface area contributed by atoms with Gasteiger partial charge in [-0.05, 0) is 42.9 Å². The van der Waals surface area contributed by atoms with Crippen LogP contribution in [0.3, 0.4) is 0 Å². The van der Waals surface area contributed by atoms with Crippen LogP contribution in [0.1, 0.15) is 12.8 Å². The van der Waals surface area contributed by atoms with Gasteiger partial charge in [-0.25, -0.2) is 9.59 Å². The second-order valence-electron chi connectivity index (χ2n) is 5.78. The Hall–Kier alpha value is -2.10. The molecule has 1 aliphatic rings. The number of allylic oxidation sites excluding steroid dienone is 2. The molecule has 14 nitrogen and oxygen atoms in total. The average Bonchev–Trinajstić information content (AvgIpc) is 2.72. The molecule has 2 unspecified atom stereocenters. The lowest BCUT2D eigenvalue weighted by atomic mass is 9.58. The lowest BCUT2D eigenvalue weighted by Crippen LogP contribution is -2.56. The largest absolute Gasteiger partial charge is 0.481 e. The maximum Gasteiger partial charge on any atom is 0.396 e. The number of aliphatic carboxylic acids is 2. The van der Waals surface area contributed by atoms with Gasteiger partial charge in [0.2, 0.25) is 0 Å². The second-order valence-corrected chi connectivity index (χ2v) is 8.96. The molecule has 0 heterocycles. The van der Waals surface area contributed by atoms with E-state index in [0.717, 1.165) is 0 Å². The van der Waals surface area contributed by atoms with E-state index in [1.165, 1.54) is 0 Å². The maximum atomic E-state index is 12.6. The average molecular weight is 710 g/mol. The van der Waals surface area contributed by atoms with Crippen LogP contribution in [-0.4, -0.2) is 47.6 Å². The van der Waals surface area contributed by atoms with Crippen molar-refractivity contribution in [3.05, 3.63) is 38.8 Å². The third-order valence-electron chi connectivity index (χ3n) is 4.44. The van der Waals surface area contributed by atoms with Crippen molar-refractivity contribution in [3.8, 4) is 0 Å². The number of hydrogen-bond acceptors (Lipinski definition) is 6. The van der Waals surface area contributed by atoms with Crippen LogP contribution in [0.2, 0.25) is 0 Å². The summed E-state index contributed by atoms with van der Waals surface area (Å²) >= 11 is 12.7. The molecule has 1 rings (SSSR count). The van der Waals surface area contributed by atoms with Crippen LogP contribution in [0.25, 0.3) is 20.9 Å². The Morgan fingerprint density at radius 1 is 0.781 bits per heavy atom. The summed E-state index contributed by atoms with van der Waals surface area (Å²) in [7, 11) is 0. The number of amides is 2. The van der Waals surface area contributed by atoms with Crippen molar-refractivity contribution >= 4 is 87.8 Å². The summed E-state index contributed by atoms with van der Waals surface area (Å²) in [5, 5.41) is 25.8. The van der Waals surface area contributed by atoms with Gasteiger partial charge < -0.3 is 19.7 Å². The van der Waals surface area contributed by atoms with E-state index in [-0.39, 0.29) is 17.9 Å². The molecule has 0 aromatic heterocycles. The molecule has 0 fully saturated rings. The van der Waals surface area contributed by atoms with Gasteiger partial charge in [0, 0.05) is 50.8 Å². The van der Waals surface area contributed by atoms with Crippen LogP contribution >= 0.6 is 63.7 Å². The Labute approximate surface area is 211 Å². The summed E-state index contributed by atoms with van der Waals surface area (Å²) in [6, 6.07) is 0. The second kappa shape index (κ2) is 11.7. The van der Waals surface area contributed by atoms with E-state index in [4.69, 9.17) is 20.5 Å². The topological polar surface area (TPSA) is 225 Å². The van der Waals surface area contributed by atoms with Crippen molar-refractivity contribution in [1.82, 2.24) is 0 Å². The minimum absolute atomic E-state index is 0.129. The van der Waals surface area contributed by atoms with E-state index in [0.29, 0.717) is 0 Å².